The number of benzene rings is 3. The van der Waals surface area contributed by atoms with Gasteiger partial charge in [0.15, 0.2) is 0 Å². The van der Waals surface area contributed by atoms with Gasteiger partial charge in [0.2, 0.25) is 5.91 Å². The maximum absolute atomic E-state index is 13.9. The molecule has 2 atom stereocenters. The summed E-state index contributed by atoms with van der Waals surface area (Å²) in [5.74, 6) is -1.58. The number of rotatable bonds is 11. The third-order valence-corrected chi connectivity index (χ3v) is 7.33. The largest absolute Gasteiger partial charge is 0.481 e. The molecule has 0 aliphatic heterocycles. The highest BCUT2D eigenvalue weighted by molar-refractivity contribution is 5.87. The lowest BCUT2D eigenvalue weighted by atomic mass is 9.98. The molecule has 1 aliphatic carbocycles. The molecule has 3 aromatic rings. The van der Waals surface area contributed by atoms with Crippen molar-refractivity contribution in [2.75, 3.05) is 13.2 Å². The first-order chi connectivity index (χ1) is 19.6. The van der Waals surface area contributed by atoms with Crippen LogP contribution in [0.15, 0.2) is 78.9 Å². The fourth-order valence-electron chi connectivity index (χ4n) is 5.20. The zero-order valence-corrected chi connectivity index (χ0v) is 24.0. The van der Waals surface area contributed by atoms with E-state index < -0.39 is 35.7 Å². The van der Waals surface area contributed by atoms with Crippen molar-refractivity contribution in [3.05, 3.63) is 95.6 Å². The van der Waals surface area contributed by atoms with Gasteiger partial charge in [0.25, 0.3) is 0 Å². The van der Waals surface area contributed by atoms with E-state index in [9.17, 15) is 19.5 Å². The van der Waals surface area contributed by atoms with Gasteiger partial charge in [0, 0.05) is 18.0 Å². The number of ether oxygens (including phenoxy) is 2. The fraction of sp³-hybridized carbons (Fsp3) is 0.364. The van der Waals surface area contributed by atoms with Gasteiger partial charge in [-0.2, -0.15) is 0 Å². The molecule has 4 rings (SSSR count). The average Bonchev–Trinajstić information content (AvgIpc) is 3.26. The topological polar surface area (TPSA) is 105 Å². The van der Waals surface area contributed by atoms with Crippen molar-refractivity contribution < 1.29 is 29.0 Å². The summed E-state index contributed by atoms with van der Waals surface area (Å²) < 4.78 is 11.8. The summed E-state index contributed by atoms with van der Waals surface area (Å²) in [5.41, 5.74) is 4.64. The number of nitrogens with one attached hydrogen (secondary N) is 1. The van der Waals surface area contributed by atoms with E-state index >= 15 is 0 Å². The van der Waals surface area contributed by atoms with Crippen LogP contribution in [0.4, 0.5) is 4.79 Å². The number of carbonyl (C=O) groups is 3. The summed E-state index contributed by atoms with van der Waals surface area (Å²) in [7, 11) is 0. The van der Waals surface area contributed by atoms with Gasteiger partial charge in [0.05, 0.1) is 19.1 Å². The van der Waals surface area contributed by atoms with Crippen LogP contribution in [-0.4, -0.2) is 58.8 Å². The molecule has 216 valence electrons. The van der Waals surface area contributed by atoms with Gasteiger partial charge in [-0.1, -0.05) is 78.9 Å². The number of alkyl carbamates (subject to hydrolysis) is 1. The molecule has 0 saturated carbocycles. The molecule has 0 unspecified atom stereocenters. The molecular weight excluding hydrogens is 520 g/mol. The molecule has 0 radical (unpaired) electrons. The minimum Gasteiger partial charge on any atom is -0.481 e. The van der Waals surface area contributed by atoms with Crippen molar-refractivity contribution in [1.29, 1.82) is 0 Å². The van der Waals surface area contributed by atoms with Crippen LogP contribution in [-0.2, 0) is 25.7 Å². The predicted molar refractivity (Wildman–Crippen MR) is 156 cm³/mol. The smallest absolute Gasteiger partial charge is 0.407 e. The Morgan fingerprint density at radius 3 is 2.02 bits per heavy atom. The van der Waals surface area contributed by atoms with Crippen LogP contribution in [0.5, 0.6) is 0 Å². The Kier molecular flexibility index (Phi) is 9.45. The quantitative estimate of drug-likeness (QED) is 0.317. The van der Waals surface area contributed by atoms with Gasteiger partial charge in [0.1, 0.15) is 12.6 Å². The zero-order chi connectivity index (χ0) is 29.6. The van der Waals surface area contributed by atoms with Crippen LogP contribution < -0.4 is 5.32 Å². The maximum atomic E-state index is 13.9. The van der Waals surface area contributed by atoms with Crippen LogP contribution in [0.25, 0.3) is 11.1 Å². The molecule has 8 heteroatoms. The Balaban J connectivity index is 1.51. The van der Waals surface area contributed by atoms with Crippen LogP contribution in [0.1, 0.15) is 56.7 Å². The zero-order valence-electron chi connectivity index (χ0n) is 24.0. The Morgan fingerprint density at radius 1 is 0.902 bits per heavy atom. The first-order valence-corrected chi connectivity index (χ1v) is 13.9. The van der Waals surface area contributed by atoms with Crippen LogP contribution in [0.2, 0.25) is 0 Å². The lowest BCUT2D eigenvalue weighted by Crippen LogP contribution is -2.59. The summed E-state index contributed by atoms with van der Waals surface area (Å²) in [6.45, 7) is 7.52. The van der Waals surface area contributed by atoms with E-state index in [2.05, 4.69) is 17.4 Å². The molecule has 0 saturated heterocycles. The highest BCUT2D eigenvalue weighted by atomic mass is 16.5. The summed E-state index contributed by atoms with van der Waals surface area (Å²) in [6.07, 6.45) is -1.69. The highest BCUT2D eigenvalue weighted by Crippen LogP contribution is 2.44. The Bertz CT molecular complexity index is 1320. The Hall–Kier alpha value is -4.17. The molecule has 0 heterocycles. The number of carbonyl (C=O) groups excluding carboxylic acids is 2. The van der Waals surface area contributed by atoms with E-state index in [4.69, 9.17) is 9.47 Å². The van der Waals surface area contributed by atoms with Gasteiger partial charge in [-0.05, 0) is 55.5 Å². The maximum Gasteiger partial charge on any atom is 0.407 e. The van der Waals surface area contributed by atoms with Crippen molar-refractivity contribution in [3.8, 4) is 11.1 Å². The second-order valence-corrected chi connectivity index (χ2v) is 11.3. The Morgan fingerprint density at radius 2 is 1.46 bits per heavy atom. The highest BCUT2D eigenvalue weighted by Gasteiger charge is 2.37. The SMILES string of the molecule is C[C@H](OCc1ccccc1)[C@@H](NC(=O)OCC1c2ccccc2-c2ccccc21)C(=O)N(CCC(=O)O)C(C)(C)C. The first kappa shape index (κ1) is 29.8. The van der Waals surface area contributed by atoms with Crippen LogP contribution in [0.3, 0.4) is 0 Å². The number of hydrogen-bond acceptors (Lipinski definition) is 5. The van der Waals surface area contributed by atoms with Gasteiger partial charge < -0.3 is 24.8 Å². The summed E-state index contributed by atoms with van der Waals surface area (Å²) >= 11 is 0. The van der Waals surface area contributed by atoms with Crippen molar-refractivity contribution in [3.63, 3.8) is 0 Å². The first-order valence-electron chi connectivity index (χ1n) is 13.9. The van der Waals surface area contributed by atoms with Gasteiger partial charge in [-0.3, -0.25) is 9.59 Å². The normalized spacial score (nSPS) is 14.0. The number of carboxylic acids is 1. The summed E-state index contributed by atoms with van der Waals surface area (Å²) in [6, 6.07) is 24.5. The number of nitrogens with zero attached hydrogens (tertiary/aromatic N) is 1. The van der Waals surface area contributed by atoms with E-state index in [-0.39, 0.29) is 32.1 Å². The number of fused-ring (bicyclic) bond motifs is 3. The van der Waals surface area contributed by atoms with E-state index in [1.54, 1.807) is 6.92 Å². The lowest BCUT2D eigenvalue weighted by Gasteiger charge is -2.39. The fourth-order valence-corrected chi connectivity index (χ4v) is 5.20. The molecule has 3 aromatic carbocycles. The van der Waals surface area contributed by atoms with E-state index in [1.807, 2.05) is 87.5 Å². The van der Waals surface area contributed by atoms with Crippen LogP contribution in [0, 0.1) is 0 Å². The molecule has 0 aromatic heterocycles. The standard InChI is InChI=1S/C33H38N2O6/c1-22(40-20-23-12-6-5-7-13-23)30(31(38)35(33(2,3)4)19-18-29(36)37)34-32(39)41-21-28-26-16-10-8-14-24(26)25-15-9-11-17-27(25)28/h5-17,22,28,30H,18-21H2,1-4H3,(H,34,39)(H,36,37)/t22-,30+/m0/s1. The van der Waals surface area contributed by atoms with Crippen molar-refractivity contribution >= 4 is 18.0 Å². The molecule has 2 amide bonds. The van der Waals surface area contributed by atoms with Gasteiger partial charge in [-0.15, -0.1) is 0 Å². The molecule has 1 aliphatic rings. The molecule has 0 spiro atoms. The summed E-state index contributed by atoms with van der Waals surface area (Å²) in [4.78, 5) is 39.9. The van der Waals surface area contributed by atoms with E-state index in [1.165, 1.54) is 4.90 Å². The number of amides is 2. The van der Waals surface area contributed by atoms with Gasteiger partial charge in [-0.25, -0.2) is 4.79 Å². The predicted octanol–water partition coefficient (Wildman–Crippen LogP) is 5.60. The lowest BCUT2D eigenvalue weighted by molar-refractivity contribution is -0.144. The molecule has 41 heavy (non-hydrogen) atoms. The Labute approximate surface area is 241 Å². The molecular formula is C33H38N2O6. The second-order valence-electron chi connectivity index (χ2n) is 11.3. The third-order valence-electron chi connectivity index (χ3n) is 7.33. The molecule has 8 nitrogen and oxygen atoms in total. The van der Waals surface area contributed by atoms with E-state index in [0.29, 0.717) is 0 Å². The third kappa shape index (κ3) is 7.32. The minimum absolute atomic E-state index is 0.00799. The monoisotopic (exact) mass is 558 g/mol. The van der Waals surface area contributed by atoms with Crippen molar-refractivity contribution in [1.82, 2.24) is 10.2 Å². The van der Waals surface area contributed by atoms with Crippen LogP contribution >= 0.6 is 0 Å². The summed E-state index contributed by atoms with van der Waals surface area (Å²) in [5, 5.41) is 12.0. The average molecular weight is 559 g/mol. The van der Waals surface area contributed by atoms with Crippen molar-refractivity contribution in [2.45, 2.75) is 64.3 Å². The van der Waals surface area contributed by atoms with Gasteiger partial charge >= 0.3 is 12.1 Å². The number of carboxylic acid groups (broad SMARTS) is 1. The van der Waals surface area contributed by atoms with E-state index in [0.717, 1.165) is 27.8 Å². The molecule has 2 N–H and O–H groups in total. The number of hydrogen-bond donors (Lipinski definition) is 2. The molecule has 0 bridgehead atoms. The molecule has 0 fully saturated rings. The second kappa shape index (κ2) is 13.0. The number of aliphatic carboxylic acids is 1. The minimum atomic E-state index is -1.10. The van der Waals surface area contributed by atoms with Crippen molar-refractivity contribution in [2.24, 2.45) is 0 Å².